The molecule has 0 saturated carbocycles. The van der Waals surface area contributed by atoms with E-state index in [1.54, 1.807) is 18.4 Å². The third-order valence-corrected chi connectivity index (χ3v) is 6.78. The van der Waals surface area contributed by atoms with Gasteiger partial charge in [-0.05, 0) is 42.5 Å². The second kappa shape index (κ2) is 13.5. The lowest BCUT2D eigenvalue weighted by molar-refractivity contribution is -0.136. The maximum absolute atomic E-state index is 13.5. The summed E-state index contributed by atoms with van der Waals surface area (Å²) in [7, 11) is 1.62. The van der Waals surface area contributed by atoms with Gasteiger partial charge < -0.3 is 24.2 Å². The lowest BCUT2D eigenvalue weighted by Gasteiger charge is -2.37. The van der Waals surface area contributed by atoms with Crippen molar-refractivity contribution < 1.29 is 24.1 Å². The Morgan fingerprint density at radius 3 is 2.88 bits per heavy atom. The number of rotatable bonds is 13. The van der Waals surface area contributed by atoms with E-state index < -0.39 is 6.10 Å². The molecule has 0 spiro atoms. The van der Waals surface area contributed by atoms with Crippen molar-refractivity contribution in [3.63, 3.8) is 0 Å². The molecular formula is C26H34N2O5S. The van der Waals surface area contributed by atoms with Gasteiger partial charge in [0.2, 0.25) is 5.91 Å². The van der Waals surface area contributed by atoms with Crippen molar-refractivity contribution in [2.24, 2.45) is 0 Å². The predicted molar refractivity (Wildman–Crippen MR) is 133 cm³/mol. The maximum atomic E-state index is 13.5. The number of hydrogen-bond donors (Lipinski definition) is 1. The zero-order chi connectivity index (χ0) is 24.3. The highest BCUT2D eigenvalue weighted by Crippen LogP contribution is 2.34. The summed E-state index contributed by atoms with van der Waals surface area (Å²) in [4.78, 5) is 18.6. The minimum absolute atomic E-state index is 0.00204. The van der Waals surface area contributed by atoms with Crippen molar-refractivity contribution in [2.45, 2.75) is 25.5 Å². The topological polar surface area (TPSA) is 71.5 Å². The number of benzene rings is 1. The molecule has 2 atom stereocenters. The first-order valence-corrected chi connectivity index (χ1v) is 12.4. The van der Waals surface area contributed by atoms with E-state index in [-0.39, 0.29) is 31.7 Å². The average molecular weight is 487 g/mol. The average Bonchev–Trinajstić information content (AvgIpc) is 3.31. The largest absolute Gasteiger partial charge is 0.491 e. The first-order valence-electron chi connectivity index (χ1n) is 11.5. The van der Waals surface area contributed by atoms with Crippen LogP contribution >= 0.6 is 11.3 Å². The second-order valence-corrected chi connectivity index (χ2v) is 9.38. The molecule has 0 fully saturated rings. The number of methoxy groups -OCH3 is 1. The number of terminal acetylenes is 1. The fourth-order valence-electron chi connectivity index (χ4n) is 4.03. The summed E-state index contributed by atoms with van der Waals surface area (Å²) in [5, 5.41) is 12.4. The Bertz CT molecular complexity index is 939. The third-order valence-electron chi connectivity index (χ3n) is 5.78. The summed E-state index contributed by atoms with van der Waals surface area (Å²) in [5.41, 5.74) is 2.33. The van der Waals surface area contributed by atoms with E-state index in [0.29, 0.717) is 32.8 Å². The molecule has 0 radical (unpaired) electrons. The number of aryl methyl sites for hydroxylation is 1. The fourth-order valence-corrected chi connectivity index (χ4v) is 4.95. The van der Waals surface area contributed by atoms with Gasteiger partial charge in [0.05, 0.1) is 31.9 Å². The number of thiophene rings is 1. The lowest BCUT2D eigenvalue weighted by atomic mass is 10.0. The maximum Gasteiger partial charge on any atom is 0.237 e. The van der Waals surface area contributed by atoms with Crippen molar-refractivity contribution in [2.75, 3.05) is 59.7 Å². The van der Waals surface area contributed by atoms with Crippen LogP contribution in [0.2, 0.25) is 0 Å². The highest BCUT2D eigenvalue weighted by atomic mass is 32.1. The van der Waals surface area contributed by atoms with Gasteiger partial charge in [-0.25, -0.2) is 0 Å². The Kier molecular flexibility index (Phi) is 10.4. The van der Waals surface area contributed by atoms with E-state index in [2.05, 4.69) is 17.4 Å². The number of ether oxygens (including phenoxy) is 3. The molecule has 1 aliphatic heterocycles. The molecule has 1 aromatic heterocycles. The zero-order valence-electron chi connectivity index (χ0n) is 19.9. The first kappa shape index (κ1) is 26.2. The highest BCUT2D eigenvalue weighted by molar-refractivity contribution is 7.10. The normalized spacial score (nSPS) is 16.2. The van der Waals surface area contributed by atoms with Crippen LogP contribution in [-0.4, -0.2) is 86.6 Å². The molecule has 184 valence electrons. The number of amides is 1. The van der Waals surface area contributed by atoms with Crippen molar-refractivity contribution in [3.05, 3.63) is 51.7 Å². The van der Waals surface area contributed by atoms with Crippen LogP contribution in [0.1, 0.15) is 22.0 Å². The summed E-state index contributed by atoms with van der Waals surface area (Å²) in [6.45, 7) is 4.79. The van der Waals surface area contributed by atoms with Crippen molar-refractivity contribution in [1.29, 1.82) is 0 Å². The smallest absolute Gasteiger partial charge is 0.237 e. The second-order valence-electron chi connectivity index (χ2n) is 8.38. The summed E-state index contributed by atoms with van der Waals surface area (Å²) in [6.07, 6.45) is 5.28. The van der Waals surface area contributed by atoms with Gasteiger partial charge in [-0.15, -0.1) is 17.8 Å². The first-order chi connectivity index (χ1) is 16.5. The molecule has 0 bridgehead atoms. The number of fused-ring (bicyclic) bond motifs is 1. The molecular weight excluding hydrogens is 452 g/mol. The molecule has 0 unspecified atom stereocenters. The van der Waals surface area contributed by atoms with Crippen LogP contribution in [0.5, 0.6) is 5.75 Å². The summed E-state index contributed by atoms with van der Waals surface area (Å²) in [5.74, 6) is 3.18. The van der Waals surface area contributed by atoms with Crippen LogP contribution < -0.4 is 4.74 Å². The molecule has 0 saturated heterocycles. The van der Waals surface area contributed by atoms with Gasteiger partial charge >= 0.3 is 0 Å². The van der Waals surface area contributed by atoms with Gasteiger partial charge in [-0.1, -0.05) is 23.6 Å². The molecule has 3 rings (SSSR count). The summed E-state index contributed by atoms with van der Waals surface area (Å²) < 4.78 is 16.6. The van der Waals surface area contributed by atoms with Crippen LogP contribution in [0.25, 0.3) is 0 Å². The predicted octanol–water partition coefficient (Wildman–Crippen LogP) is 2.52. The van der Waals surface area contributed by atoms with Gasteiger partial charge in [0.1, 0.15) is 19.0 Å². The molecule has 1 aliphatic rings. The van der Waals surface area contributed by atoms with Crippen LogP contribution in [0, 0.1) is 19.3 Å². The van der Waals surface area contributed by atoms with Crippen LogP contribution in [0.15, 0.2) is 35.7 Å². The molecule has 0 aliphatic carbocycles. The minimum Gasteiger partial charge on any atom is -0.491 e. The Morgan fingerprint density at radius 1 is 1.35 bits per heavy atom. The molecule has 1 aromatic carbocycles. The standard InChI is InChI=1S/C26H34N2O5S/c1-4-13-32-18-21(29)16-27(12-14-31-3)17-26(30)28-11-9-25-23(10-15-34-25)24(28)19-33-22-7-5-20(2)6-8-22/h1,5-8,10,15,21,24,29H,9,11-14,16-19H2,2-3H3/t21-,24+/m0/s1. The van der Waals surface area contributed by atoms with E-state index in [9.17, 15) is 9.90 Å². The van der Waals surface area contributed by atoms with Crippen LogP contribution in [0.4, 0.5) is 0 Å². The van der Waals surface area contributed by atoms with Gasteiger partial charge in [0, 0.05) is 31.6 Å². The Balaban J connectivity index is 1.67. The van der Waals surface area contributed by atoms with Gasteiger partial charge in [-0.2, -0.15) is 0 Å². The molecule has 1 N–H and O–H groups in total. The third kappa shape index (κ3) is 7.55. The molecule has 1 amide bonds. The number of carbonyl (C=O) groups excluding carboxylic acids is 1. The Morgan fingerprint density at radius 2 is 2.15 bits per heavy atom. The van der Waals surface area contributed by atoms with Crippen molar-refractivity contribution in [3.8, 4) is 18.1 Å². The quantitative estimate of drug-likeness (QED) is 0.347. The number of hydrogen-bond acceptors (Lipinski definition) is 7. The van der Waals surface area contributed by atoms with E-state index in [1.807, 2.05) is 41.0 Å². The number of carbonyl (C=O) groups is 1. The van der Waals surface area contributed by atoms with E-state index in [4.69, 9.17) is 20.6 Å². The van der Waals surface area contributed by atoms with E-state index in [0.717, 1.165) is 17.7 Å². The molecule has 7 nitrogen and oxygen atoms in total. The zero-order valence-corrected chi connectivity index (χ0v) is 20.8. The number of aliphatic hydroxyl groups is 1. The lowest BCUT2D eigenvalue weighted by Crippen LogP contribution is -2.48. The van der Waals surface area contributed by atoms with Gasteiger partial charge in [0.15, 0.2) is 0 Å². The van der Waals surface area contributed by atoms with Crippen LogP contribution in [-0.2, 0) is 20.7 Å². The monoisotopic (exact) mass is 486 g/mol. The number of nitrogens with zero attached hydrogens (tertiary/aromatic N) is 2. The highest BCUT2D eigenvalue weighted by Gasteiger charge is 2.33. The van der Waals surface area contributed by atoms with E-state index in [1.165, 1.54) is 10.4 Å². The summed E-state index contributed by atoms with van der Waals surface area (Å²) in [6, 6.07) is 9.88. The van der Waals surface area contributed by atoms with Crippen molar-refractivity contribution in [1.82, 2.24) is 9.80 Å². The number of aliphatic hydroxyl groups excluding tert-OH is 1. The fraction of sp³-hybridized carbons (Fsp3) is 0.500. The Labute approximate surface area is 206 Å². The molecule has 2 aromatic rings. The molecule has 34 heavy (non-hydrogen) atoms. The SMILES string of the molecule is C#CCOC[C@@H](O)CN(CCOC)CC(=O)N1CCc2sccc2[C@H]1COc1ccc(C)cc1. The van der Waals surface area contributed by atoms with E-state index >= 15 is 0 Å². The Hall–Kier alpha value is -2.41. The van der Waals surface area contributed by atoms with Gasteiger partial charge in [0.25, 0.3) is 0 Å². The minimum atomic E-state index is -0.747. The summed E-state index contributed by atoms with van der Waals surface area (Å²) >= 11 is 1.73. The van der Waals surface area contributed by atoms with Gasteiger partial charge in [-0.3, -0.25) is 9.69 Å². The van der Waals surface area contributed by atoms with Crippen LogP contribution in [0.3, 0.4) is 0 Å². The molecule has 2 heterocycles. The molecule has 8 heteroatoms. The van der Waals surface area contributed by atoms with Crippen molar-refractivity contribution >= 4 is 17.2 Å².